The molecule has 0 saturated carbocycles. The summed E-state index contributed by atoms with van der Waals surface area (Å²) in [6.45, 7) is 2.49. The van der Waals surface area contributed by atoms with E-state index >= 15 is 0 Å². The van der Waals surface area contributed by atoms with E-state index in [1.54, 1.807) is 12.1 Å². The average Bonchev–Trinajstić information content (AvgIpc) is 2.98. The van der Waals surface area contributed by atoms with Gasteiger partial charge in [0.1, 0.15) is 0 Å². The third-order valence-corrected chi connectivity index (χ3v) is 4.18. The van der Waals surface area contributed by atoms with Gasteiger partial charge in [-0.15, -0.1) is 0 Å². The van der Waals surface area contributed by atoms with Gasteiger partial charge in [-0.05, 0) is 0 Å². The van der Waals surface area contributed by atoms with Crippen LogP contribution in [0.5, 0.6) is 5.75 Å². The van der Waals surface area contributed by atoms with Crippen molar-refractivity contribution in [3.05, 3.63) is 62.5 Å². The van der Waals surface area contributed by atoms with E-state index in [-0.39, 0.29) is 39.2 Å². The van der Waals surface area contributed by atoms with Gasteiger partial charge < -0.3 is 9.15 Å². The lowest BCUT2D eigenvalue weighted by Crippen LogP contribution is -2.23. The van der Waals surface area contributed by atoms with Crippen LogP contribution in [0.3, 0.4) is 0 Å². The summed E-state index contributed by atoms with van der Waals surface area (Å²) in [5, 5.41) is 11.7. The van der Waals surface area contributed by atoms with E-state index in [9.17, 15) is 24.5 Å². The standard InChI is InChI=1S/C18H10N2O7/c1-7-19-13-14(20(24)25)18(27-8(2)21)12-11(17(13)26-7)15(22)9-5-3-4-6-10(9)16(12)23/h3-6H,1-2H3. The third-order valence-electron chi connectivity index (χ3n) is 4.18. The molecule has 134 valence electrons. The molecule has 0 bridgehead atoms. The Morgan fingerprint density at radius 3 is 2.30 bits per heavy atom. The van der Waals surface area contributed by atoms with Crippen molar-refractivity contribution in [3.8, 4) is 5.75 Å². The largest absolute Gasteiger partial charge is 0.440 e. The number of nitro groups is 1. The minimum absolute atomic E-state index is 0.0632. The number of fused-ring (bicyclic) bond motifs is 4. The van der Waals surface area contributed by atoms with Crippen LogP contribution in [0, 0.1) is 17.0 Å². The van der Waals surface area contributed by atoms with Gasteiger partial charge in [0.25, 0.3) is 0 Å². The summed E-state index contributed by atoms with van der Waals surface area (Å²) in [7, 11) is 0. The Morgan fingerprint density at radius 1 is 1.15 bits per heavy atom. The zero-order valence-electron chi connectivity index (χ0n) is 14.1. The highest BCUT2D eigenvalue weighted by Crippen LogP contribution is 2.45. The van der Waals surface area contributed by atoms with E-state index in [2.05, 4.69) is 4.98 Å². The van der Waals surface area contributed by atoms with E-state index in [1.807, 2.05) is 0 Å². The van der Waals surface area contributed by atoms with Crippen LogP contribution >= 0.6 is 0 Å². The molecular formula is C18H10N2O7. The Balaban J connectivity index is 2.23. The first kappa shape index (κ1) is 16.6. The SMILES string of the molecule is CC(=O)Oc1c2c(c3oc(C)nc3c1[N+](=O)[O-])C(=O)c1ccccc1C2=O. The maximum atomic E-state index is 13.1. The molecule has 0 N–H and O–H groups in total. The Labute approximate surface area is 150 Å². The minimum Gasteiger partial charge on any atom is -0.440 e. The topological polar surface area (TPSA) is 130 Å². The van der Waals surface area contributed by atoms with Gasteiger partial charge in [0.05, 0.1) is 16.1 Å². The number of rotatable bonds is 2. The number of aromatic nitrogens is 1. The van der Waals surface area contributed by atoms with Crippen molar-refractivity contribution < 1.29 is 28.5 Å². The molecule has 3 aromatic rings. The van der Waals surface area contributed by atoms with Crippen LogP contribution in [0.25, 0.3) is 11.1 Å². The van der Waals surface area contributed by atoms with Gasteiger partial charge in [0.15, 0.2) is 28.6 Å². The van der Waals surface area contributed by atoms with Crippen molar-refractivity contribution in [1.29, 1.82) is 0 Å². The zero-order chi connectivity index (χ0) is 19.5. The Hall–Kier alpha value is -3.88. The van der Waals surface area contributed by atoms with Gasteiger partial charge in [-0.25, -0.2) is 4.98 Å². The molecule has 1 aliphatic rings. The fourth-order valence-electron chi connectivity index (χ4n) is 3.20. The van der Waals surface area contributed by atoms with E-state index in [0.717, 1.165) is 6.92 Å². The van der Waals surface area contributed by atoms with Gasteiger partial charge in [-0.1, -0.05) is 24.3 Å². The smallest absolute Gasteiger partial charge is 0.341 e. The van der Waals surface area contributed by atoms with Crippen LogP contribution in [0.1, 0.15) is 44.7 Å². The first-order chi connectivity index (χ1) is 12.8. The lowest BCUT2D eigenvalue weighted by atomic mass is 9.82. The Morgan fingerprint density at radius 2 is 1.74 bits per heavy atom. The normalized spacial score (nSPS) is 12.7. The van der Waals surface area contributed by atoms with Gasteiger partial charge in [0, 0.05) is 25.0 Å². The number of oxazole rings is 1. The second-order valence-corrected chi connectivity index (χ2v) is 5.89. The van der Waals surface area contributed by atoms with E-state index in [0.29, 0.717) is 0 Å². The molecule has 1 aliphatic carbocycles. The Kier molecular flexibility index (Phi) is 3.42. The van der Waals surface area contributed by atoms with Gasteiger partial charge in [-0.3, -0.25) is 24.5 Å². The highest BCUT2D eigenvalue weighted by molar-refractivity contribution is 6.33. The van der Waals surface area contributed by atoms with Crippen LogP contribution in [-0.2, 0) is 4.79 Å². The molecule has 0 spiro atoms. The molecule has 1 heterocycles. The first-order valence-corrected chi connectivity index (χ1v) is 7.79. The number of carbonyl (C=O) groups excluding carboxylic acids is 3. The molecule has 0 amide bonds. The van der Waals surface area contributed by atoms with E-state index < -0.39 is 33.9 Å². The number of aryl methyl sites for hydroxylation is 1. The fourth-order valence-corrected chi connectivity index (χ4v) is 3.20. The molecule has 0 saturated heterocycles. The summed E-state index contributed by atoms with van der Waals surface area (Å²) < 4.78 is 10.4. The molecule has 0 aliphatic heterocycles. The maximum absolute atomic E-state index is 13.1. The van der Waals surface area contributed by atoms with Crippen LogP contribution < -0.4 is 4.74 Å². The highest BCUT2D eigenvalue weighted by atomic mass is 16.6. The molecule has 27 heavy (non-hydrogen) atoms. The molecule has 4 rings (SSSR count). The number of benzene rings is 2. The molecule has 0 radical (unpaired) electrons. The maximum Gasteiger partial charge on any atom is 0.341 e. The molecular weight excluding hydrogens is 356 g/mol. The fraction of sp³-hybridized carbons (Fsp3) is 0.111. The summed E-state index contributed by atoms with van der Waals surface area (Å²) >= 11 is 0. The molecule has 2 aromatic carbocycles. The number of hydrogen-bond acceptors (Lipinski definition) is 8. The molecule has 0 fully saturated rings. The van der Waals surface area contributed by atoms with Crippen LogP contribution in [0.15, 0.2) is 28.7 Å². The predicted octanol–water partition coefficient (Wildman–Crippen LogP) is 2.75. The molecule has 0 unspecified atom stereocenters. The van der Waals surface area contributed by atoms with Crippen LogP contribution in [0.2, 0.25) is 0 Å². The molecule has 9 heteroatoms. The number of esters is 1. The van der Waals surface area contributed by atoms with Gasteiger partial charge in [-0.2, -0.15) is 0 Å². The van der Waals surface area contributed by atoms with Gasteiger partial charge in [0.2, 0.25) is 5.75 Å². The summed E-state index contributed by atoms with van der Waals surface area (Å²) in [4.78, 5) is 52.5. The second-order valence-electron chi connectivity index (χ2n) is 5.89. The summed E-state index contributed by atoms with van der Waals surface area (Å²) in [6.07, 6.45) is 0. The monoisotopic (exact) mass is 366 g/mol. The first-order valence-electron chi connectivity index (χ1n) is 7.79. The second kappa shape index (κ2) is 5.56. The number of nitrogens with zero attached hydrogens (tertiary/aromatic N) is 2. The highest BCUT2D eigenvalue weighted by Gasteiger charge is 2.42. The number of carbonyl (C=O) groups is 3. The van der Waals surface area contributed by atoms with Crippen molar-refractivity contribution in [3.63, 3.8) is 0 Å². The molecule has 1 aromatic heterocycles. The van der Waals surface area contributed by atoms with Gasteiger partial charge >= 0.3 is 11.7 Å². The predicted molar refractivity (Wildman–Crippen MR) is 90.0 cm³/mol. The van der Waals surface area contributed by atoms with Crippen molar-refractivity contribution in [2.75, 3.05) is 0 Å². The van der Waals surface area contributed by atoms with E-state index in [1.165, 1.54) is 19.1 Å². The van der Waals surface area contributed by atoms with Crippen LogP contribution in [0.4, 0.5) is 5.69 Å². The minimum atomic E-state index is -0.876. The quantitative estimate of drug-likeness (QED) is 0.229. The Bertz CT molecular complexity index is 1210. The lowest BCUT2D eigenvalue weighted by Gasteiger charge is -2.19. The lowest BCUT2D eigenvalue weighted by molar-refractivity contribution is -0.384. The van der Waals surface area contributed by atoms with Crippen molar-refractivity contribution in [2.45, 2.75) is 13.8 Å². The number of ether oxygens (including phenoxy) is 1. The third kappa shape index (κ3) is 2.25. The average molecular weight is 366 g/mol. The number of ketones is 2. The summed E-state index contributed by atoms with van der Waals surface area (Å²) in [5.74, 6) is -2.65. The van der Waals surface area contributed by atoms with Crippen molar-refractivity contribution in [2.24, 2.45) is 0 Å². The van der Waals surface area contributed by atoms with Crippen molar-refractivity contribution in [1.82, 2.24) is 4.98 Å². The zero-order valence-corrected chi connectivity index (χ0v) is 14.1. The molecule has 0 atom stereocenters. The summed E-state index contributed by atoms with van der Waals surface area (Å²) in [5.41, 5.74) is -1.51. The van der Waals surface area contributed by atoms with E-state index in [4.69, 9.17) is 9.15 Å². The number of nitro benzene ring substituents is 1. The summed E-state index contributed by atoms with van der Waals surface area (Å²) in [6, 6.07) is 6.06. The van der Waals surface area contributed by atoms with Crippen LogP contribution in [-0.4, -0.2) is 27.4 Å². The van der Waals surface area contributed by atoms with Crippen molar-refractivity contribution >= 4 is 34.3 Å². The molecule has 9 nitrogen and oxygen atoms in total. The number of hydrogen-bond donors (Lipinski definition) is 0.